The van der Waals surface area contributed by atoms with Crippen LogP contribution in [0.3, 0.4) is 0 Å². The number of fused-ring (bicyclic) bond motifs is 1. The van der Waals surface area contributed by atoms with Gasteiger partial charge in [0.2, 0.25) is 0 Å². The number of nitrogens with two attached hydrogens (primary N) is 1. The lowest BCUT2D eigenvalue weighted by molar-refractivity contribution is 0.410. The van der Waals surface area contributed by atoms with Gasteiger partial charge in [-0.2, -0.15) is 0 Å². The number of imidazole rings is 1. The van der Waals surface area contributed by atoms with Gasteiger partial charge in [-0.05, 0) is 43.9 Å². The van der Waals surface area contributed by atoms with Crippen molar-refractivity contribution in [2.45, 2.75) is 37.8 Å². The molecular formula is C18H20Cl2N6. The van der Waals surface area contributed by atoms with Crippen LogP contribution in [-0.2, 0) is 0 Å². The topological polar surface area (TPSA) is 80.3 Å². The van der Waals surface area contributed by atoms with Gasteiger partial charge in [0.05, 0.1) is 5.69 Å². The molecule has 0 aliphatic heterocycles. The lowest BCUT2D eigenvalue weighted by Crippen LogP contribution is -2.33. The smallest absolute Gasteiger partial charge is 0.177 e. The van der Waals surface area contributed by atoms with Gasteiger partial charge in [0, 0.05) is 46.3 Å². The van der Waals surface area contributed by atoms with Gasteiger partial charge >= 0.3 is 0 Å². The zero-order chi connectivity index (χ0) is 18.1. The molecule has 1 aliphatic carbocycles. The van der Waals surface area contributed by atoms with E-state index >= 15 is 0 Å². The molecule has 4 N–H and O–H groups in total. The third-order valence-corrected chi connectivity index (χ3v) is 5.06. The largest absolute Gasteiger partial charge is 0.366 e. The minimum absolute atomic E-state index is 0.321. The van der Waals surface area contributed by atoms with Gasteiger partial charge in [-0.15, -0.1) is 5.10 Å². The number of nitrogens with zero attached hydrogens (tertiary/aromatic N) is 3. The van der Waals surface area contributed by atoms with Crippen molar-refractivity contribution in [3.63, 3.8) is 0 Å². The molecule has 0 unspecified atom stereocenters. The van der Waals surface area contributed by atoms with Gasteiger partial charge < -0.3 is 16.4 Å². The van der Waals surface area contributed by atoms with Crippen LogP contribution in [0.25, 0.3) is 5.65 Å². The summed E-state index contributed by atoms with van der Waals surface area (Å²) < 4.78 is 1.76. The van der Waals surface area contributed by atoms with Crippen molar-refractivity contribution in [3.05, 3.63) is 46.7 Å². The van der Waals surface area contributed by atoms with Crippen molar-refractivity contribution in [1.82, 2.24) is 14.6 Å². The van der Waals surface area contributed by atoms with Crippen LogP contribution in [0.5, 0.6) is 0 Å². The molecule has 0 radical (unpaired) electrons. The highest BCUT2D eigenvalue weighted by Gasteiger charge is 2.19. The highest BCUT2D eigenvalue weighted by atomic mass is 35.5. The number of rotatable bonds is 4. The summed E-state index contributed by atoms with van der Waals surface area (Å²) in [4.78, 5) is 4.39. The van der Waals surface area contributed by atoms with Gasteiger partial charge in [-0.1, -0.05) is 23.2 Å². The van der Waals surface area contributed by atoms with E-state index < -0.39 is 0 Å². The Labute approximate surface area is 161 Å². The molecule has 4 rings (SSSR count). The summed E-state index contributed by atoms with van der Waals surface area (Å²) in [5.74, 6) is 0.798. The number of halogens is 2. The number of aromatic nitrogens is 3. The van der Waals surface area contributed by atoms with Crippen LogP contribution in [0.2, 0.25) is 10.0 Å². The summed E-state index contributed by atoms with van der Waals surface area (Å²) in [5.41, 5.74) is 8.36. The van der Waals surface area contributed by atoms with E-state index in [2.05, 4.69) is 20.7 Å². The molecule has 2 aromatic heterocycles. The molecule has 0 bridgehead atoms. The molecule has 0 saturated heterocycles. The second-order valence-corrected chi connectivity index (χ2v) is 7.55. The Morgan fingerprint density at radius 1 is 1.04 bits per heavy atom. The molecule has 1 fully saturated rings. The molecule has 136 valence electrons. The molecule has 2 heterocycles. The highest BCUT2D eigenvalue weighted by molar-refractivity contribution is 6.35. The highest BCUT2D eigenvalue weighted by Crippen LogP contribution is 2.29. The number of anilines is 3. The molecule has 26 heavy (non-hydrogen) atoms. The Bertz CT molecular complexity index is 897. The number of nitrogens with one attached hydrogen (secondary N) is 2. The van der Waals surface area contributed by atoms with Gasteiger partial charge in [0.25, 0.3) is 0 Å². The van der Waals surface area contributed by atoms with Gasteiger partial charge in [-0.3, -0.25) is 0 Å². The van der Waals surface area contributed by atoms with Crippen LogP contribution in [0.1, 0.15) is 25.7 Å². The second-order valence-electron chi connectivity index (χ2n) is 6.68. The van der Waals surface area contributed by atoms with Crippen LogP contribution < -0.4 is 16.4 Å². The Kier molecular flexibility index (Phi) is 4.89. The van der Waals surface area contributed by atoms with E-state index in [1.807, 2.05) is 24.4 Å². The summed E-state index contributed by atoms with van der Waals surface area (Å²) in [7, 11) is 0. The zero-order valence-corrected chi connectivity index (χ0v) is 15.6. The minimum Gasteiger partial charge on any atom is -0.366 e. The maximum atomic E-state index is 6.11. The molecule has 1 aromatic carbocycles. The lowest BCUT2D eigenvalue weighted by Gasteiger charge is -2.27. The molecule has 0 spiro atoms. The first-order valence-corrected chi connectivity index (χ1v) is 9.42. The van der Waals surface area contributed by atoms with Gasteiger partial charge in [-0.25, -0.2) is 9.50 Å². The van der Waals surface area contributed by atoms with E-state index in [-0.39, 0.29) is 0 Å². The summed E-state index contributed by atoms with van der Waals surface area (Å²) in [6.07, 6.45) is 7.73. The van der Waals surface area contributed by atoms with Gasteiger partial charge in [0.15, 0.2) is 5.65 Å². The molecule has 1 aliphatic rings. The lowest BCUT2D eigenvalue weighted by atomic mass is 9.92. The van der Waals surface area contributed by atoms with E-state index in [9.17, 15) is 0 Å². The van der Waals surface area contributed by atoms with E-state index in [4.69, 9.17) is 28.9 Å². The Morgan fingerprint density at radius 3 is 2.50 bits per heavy atom. The third-order valence-electron chi connectivity index (χ3n) is 4.62. The maximum absolute atomic E-state index is 6.11. The molecule has 3 aromatic rings. The monoisotopic (exact) mass is 390 g/mol. The quantitative estimate of drug-likeness (QED) is 0.612. The summed E-state index contributed by atoms with van der Waals surface area (Å²) in [5, 5.41) is 12.6. The normalized spacial score (nSPS) is 20.3. The Balaban J connectivity index is 1.62. The maximum Gasteiger partial charge on any atom is 0.177 e. The number of benzene rings is 1. The van der Waals surface area contributed by atoms with Crippen LogP contribution in [0.15, 0.2) is 36.7 Å². The fraction of sp³-hybridized carbons (Fsp3) is 0.333. The van der Waals surface area contributed by atoms with Crippen LogP contribution >= 0.6 is 23.2 Å². The summed E-state index contributed by atoms with van der Waals surface area (Å²) in [6, 6.07) is 8.02. The van der Waals surface area contributed by atoms with Crippen molar-refractivity contribution in [3.8, 4) is 0 Å². The van der Waals surface area contributed by atoms with E-state index in [0.717, 1.165) is 48.5 Å². The van der Waals surface area contributed by atoms with Crippen LogP contribution in [-0.4, -0.2) is 26.7 Å². The van der Waals surface area contributed by atoms with Crippen LogP contribution in [0.4, 0.5) is 17.2 Å². The third kappa shape index (κ3) is 3.87. The zero-order valence-electron chi connectivity index (χ0n) is 14.1. The molecular weight excluding hydrogens is 371 g/mol. The first kappa shape index (κ1) is 17.4. The van der Waals surface area contributed by atoms with Crippen molar-refractivity contribution in [2.24, 2.45) is 5.73 Å². The number of hydrogen-bond donors (Lipinski definition) is 3. The fourth-order valence-electron chi connectivity index (χ4n) is 3.33. The first-order chi connectivity index (χ1) is 12.6. The summed E-state index contributed by atoms with van der Waals surface area (Å²) >= 11 is 12.2. The summed E-state index contributed by atoms with van der Waals surface area (Å²) in [6.45, 7) is 0. The predicted octanol–water partition coefficient (Wildman–Crippen LogP) is 4.46. The van der Waals surface area contributed by atoms with E-state index in [0.29, 0.717) is 22.1 Å². The molecule has 0 amide bonds. The van der Waals surface area contributed by atoms with Crippen molar-refractivity contribution >= 4 is 46.0 Å². The SMILES string of the molecule is NC1CCC(Nc2cc(Nc3cc(Cl)cc(Cl)c3)c3nccn3n2)CC1. The molecule has 8 heteroatoms. The first-order valence-electron chi connectivity index (χ1n) is 8.66. The number of hydrogen-bond acceptors (Lipinski definition) is 5. The van der Waals surface area contributed by atoms with Crippen molar-refractivity contribution in [2.75, 3.05) is 10.6 Å². The Hall–Kier alpha value is -2.02. The van der Waals surface area contributed by atoms with E-state index in [1.54, 1.807) is 16.8 Å². The average molecular weight is 391 g/mol. The predicted molar refractivity (Wildman–Crippen MR) is 107 cm³/mol. The standard InChI is InChI=1S/C18H20Cl2N6/c19-11-7-12(20)9-15(8-11)23-16-10-17(25-26-6-5-22-18(16)26)24-14-3-1-13(21)2-4-14/h5-10,13-14,23H,1-4,21H2,(H,24,25). The fourth-order valence-corrected chi connectivity index (χ4v) is 3.86. The second kappa shape index (κ2) is 7.31. The molecule has 6 nitrogen and oxygen atoms in total. The van der Waals surface area contributed by atoms with Crippen molar-refractivity contribution < 1.29 is 0 Å². The van der Waals surface area contributed by atoms with E-state index in [1.165, 1.54) is 0 Å². The van der Waals surface area contributed by atoms with Crippen LogP contribution in [0, 0.1) is 0 Å². The average Bonchev–Trinajstić information content (AvgIpc) is 3.05. The van der Waals surface area contributed by atoms with Crippen molar-refractivity contribution in [1.29, 1.82) is 0 Å². The molecule has 1 saturated carbocycles. The Morgan fingerprint density at radius 2 is 1.77 bits per heavy atom. The molecule has 0 atom stereocenters. The van der Waals surface area contributed by atoms with Gasteiger partial charge in [0.1, 0.15) is 5.82 Å². The minimum atomic E-state index is 0.321.